The van der Waals surface area contributed by atoms with Crippen LogP contribution >= 0.6 is 0 Å². The van der Waals surface area contributed by atoms with Gasteiger partial charge >= 0.3 is 11.9 Å². The van der Waals surface area contributed by atoms with Gasteiger partial charge in [0.25, 0.3) is 5.91 Å². The summed E-state index contributed by atoms with van der Waals surface area (Å²) >= 11 is 0. The number of hydrogen-bond donors (Lipinski definition) is 4. The molecule has 0 aliphatic heterocycles. The molecule has 9 heteroatoms. The SMILES string of the molecule is CNC(=O)COC(=O)c1ccc(OC(=O)c2ccc(NC(=N)N)cc2)cc1. The van der Waals surface area contributed by atoms with Gasteiger partial charge < -0.3 is 25.8 Å². The summed E-state index contributed by atoms with van der Waals surface area (Å²) < 4.78 is 10.1. The fourth-order valence-electron chi connectivity index (χ4n) is 1.96. The lowest BCUT2D eigenvalue weighted by Gasteiger charge is -2.07. The van der Waals surface area contributed by atoms with Gasteiger partial charge in [-0.15, -0.1) is 0 Å². The van der Waals surface area contributed by atoms with E-state index in [1.165, 1.54) is 43.4 Å². The predicted molar refractivity (Wildman–Crippen MR) is 97.7 cm³/mol. The normalized spacial score (nSPS) is 9.81. The lowest BCUT2D eigenvalue weighted by molar-refractivity contribution is -0.123. The molecule has 0 atom stereocenters. The second-order valence-corrected chi connectivity index (χ2v) is 5.28. The zero-order valence-electron chi connectivity index (χ0n) is 14.4. The molecule has 0 saturated heterocycles. The first-order chi connectivity index (χ1) is 12.9. The number of nitrogens with one attached hydrogen (secondary N) is 3. The van der Waals surface area contributed by atoms with E-state index in [1.54, 1.807) is 12.1 Å². The number of hydrogen-bond acceptors (Lipinski definition) is 6. The third-order valence-electron chi connectivity index (χ3n) is 3.31. The number of ether oxygens (including phenoxy) is 2. The largest absolute Gasteiger partial charge is 0.452 e. The summed E-state index contributed by atoms with van der Waals surface area (Å²) in [6.45, 7) is -0.374. The minimum Gasteiger partial charge on any atom is -0.452 e. The van der Waals surface area contributed by atoms with Gasteiger partial charge in [-0.25, -0.2) is 9.59 Å². The first kappa shape index (κ1) is 19.4. The van der Waals surface area contributed by atoms with Crippen molar-refractivity contribution in [3.05, 3.63) is 59.7 Å². The molecule has 27 heavy (non-hydrogen) atoms. The van der Waals surface area contributed by atoms with E-state index in [2.05, 4.69) is 10.6 Å². The van der Waals surface area contributed by atoms with Crippen molar-refractivity contribution in [2.45, 2.75) is 0 Å². The lowest BCUT2D eigenvalue weighted by Crippen LogP contribution is -2.25. The van der Waals surface area contributed by atoms with Gasteiger partial charge in [-0.2, -0.15) is 0 Å². The van der Waals surface area contributed by atoms with Crippen LogP contribution in [-0.2, 0) is 9.53 Å². The molecule has 0 unspecified atom stereocenters. The molecule has 2 aromatic carbocycles. The van der Waals surface area contributed by atoms with Gasteiger partial charge in [-0.1, -0.05) is 0 Å². The van der Waals surface area contributed by atoms with Gasteiger partial charge in [0.2, 0.25) is 0 Å². The van der Waals surface area contributed by atoms with Gasteiger partial charge in [0.15, 0.2) is 12.6 Å². The number of amides is 1. The highest BCUT2D eigenvalue weighted by Crippen LogP contribution is 2.16. The van der Waals surface area contributed by atoms with Gasteiger partial charge in [0, 0.05) is 12.7 Å². The molecule has 5 N–H and O–H groups in total. The molecule has 0 aromatic heterocycles. The van der Waals surface area contributed by atoms with E-state index in [9.17, 15) is 14.4 Å². The average molecular weight is 370 g/mol. The molecule has 0 bridgehead atoms. The van der Waals surface area contributed by atoms with Crippen molar-refractivity contribution in [1.82, 2.24) is 5.32 Å². The second-order valence-electron chi connectivity index (χ2n) is 5.28. The van der Waals surface area contributed by atoms with E-state index in [4.69, 9.17) is 20.6 Å². The van der Waals surface area contributed by atoms with Crippen LogP contribution in [-0.4, -0.2) is 37.5 Å². The molecule has 0 saturated carbocycles. The molecule has 0 aliphatic carbocycles. The van der Waals surface area contributed by atoms with Gasteiger partial charge in [0.1, 0.15) is 5.75 Å². The third-order valence-corrected chi connectivity index (χ3v) is 3.31. The molecule has 0 spiro atoms. The summed E-state index contributed by atoms with van der Waals surface area (Å²) in [5.74, 6) is -1.63. The number of esters is 2. The van der Waals surface area contributed by atoms with Gasteiger partial charge in [-0.05, 0) is 48.5 Å². The second kappa shape index (κ2) is 8.99. The standard InChI is InChI=1S/C18H18N4O5/c1-21-15(23)10-26-16(24)11-4-8-14(9-5-11)27-17(25)12-2-6-13(7-3-12)22-18(19)20/h2-9H,10H2,1H3,(H,21,23)(H4,19,20,22). The Morgan fingerprint density at radius 2 is 1.52 bits per heavy atom. The zero-order valence-corrected chi connectivity index (χ0v) is 14.4. The Hall–Kier alpha value is -3.88. The molecular weight excluding hydrogens is 352 g/mol. The van der Waals surface area contributed by atoms with E-state index in [0.717, 1.165) is 0 Å². The summed E-state index contributed by atoms with van der Waals surface area (Å²) in [6.07, 6.45) is 0. The molecule has 2 rings (SSSR count). The monoisotopic (exact) mass is 370 g/mol. The maximum Gasteiger partial charge on any atom is 0.343 e. The first-order valence-electron chi connectivity index (χ1n) is 7.80. The zero-order chi connectivity index (χ0) is 19.8. The number of guanidine groups is 1. The highest BCUT2D eigenvalue weighted by Gasteiger charge is 2.12. The van der Waals surface area contributed by atoms with Crippen molar-refractivity contribution in [2.24, 2.45) is 5.73 Å². The average Bonchev–Trinajstić information content (AvgIpc) is 2.66. The number of benzene rings is 2. The van der Waals surface area contributed by atoms with Crippen LogP contribution in [0.15, 0.2) is 48.5 Å². The van der Waals surface area contributed by atoms with E-state index in [0.29, 0.717) is 11.3 Å². The van der Waals surface area contributed by atoms with E-state index >= 15 is 0 Å². The summed E-state index contributed by atoms with van der Waals surface area (Å²) in [5, 5.41) is 12.1. The molecule has 140 valence electrons. The molecule has 0 radical (unpaired) electrons. The van der Waals surface area contributed by atoms with Crippen LogP contribution in [0.25, 0.3) is 0 Å². The predicted octanol–water partition coefficient (Wildman–Crippen LogP) is 1.11. The number of carbonyl (C=O) groups excluding carboxylic acids is 3. The number of nitrogens with two attached hydrogens (primary N) is 1. The van der Waals surface area contributed by atoms with Crippen LogP contribution in [0.3, 0.4) is 0 Å². The van der Waals surface area contributed by atoms with Crippen molar-refractivity contribution >= 4 is 29.5 Å². The number of anilines is 1. The maximum atomic E-state index is 12.1. The topological polar surface area (TPSA) is 144 Å². The molecule has 0 heterocycles. The molecular formula is C18H18N4O5. The van der Waals surface area contributed by atoms with Crippen LogP contribution in [0, 0.1) is 5.41 Å². The Labute approximate surface area is 155 Å². The Balaban J connectivity index is 1.95. The van der Waals surface area contributed by atoms with Crippen LogP contribution in [0.5, 0.6) is 5.75 Å². The van der Waals surface area contributed by atoms with Crippen molar-refractivity contribution in [2.75, 3.05) is 19.0 Å². The molecule has 1 amide bonds. The quantitative estimate of drug-likeness (QED) is 0.258. The molecule has 0 fully saturated rings. The molecule has 0 aliphatic rings. The van der Waals surface area contributed by atoms with Crippen molar-refractivity contribution in [1.29, 1.82) is 5.41 Å². The van der Waals surface area contributed by atoms with Gasteiger partial charge in [0.05, 0.1) is 11.1 Å². The Morgan fingerprint density at radius 1 is 0.963 bits per heavy atom. The van der Waals surface area contributed by atoms with Crippen LogP contribution in [0.1, 0.15) is 20.7 Å². The Bertz CT molecular complexity index is 847. The first-order valence-corrected chi connectivity index (χ1v) is 7.80. The number of carbonyl (C=O) groups is 3. The maximum absolute atomic E-state index is 12.1. The Kier molecular flexibility index (Phi) is 6.48. The summed E-state index contributed by atoms with van der Waals surface area (Å²) in [5.41, 5.74) is 6.32. The van der Waals surface area contributed by atoms with Crippen LogP contribution in [0.2, 0.25) is 0 Å². The van der Waals surface area contributed by atoms with Crippen molar-refractivity contribution < 1.29 is 23.9 Å². The smallest absolute Gasteiger partial charge is 0.343 e. The van der Waals surface area contributed by atoms with Crippen molar-refractivity contribution in [3.8, 4) is 5.75 Å². The van der Waals surface area contributed by atoms with Crippen LogP contribution in [0.4, 0.5) is 5.69 Å². The summed E-state index contributed by atoms with van der Waals surface area (Å²) in [6, 6.07) is 12.0. The Morgan fingerprint density at radius 3 is 2.07 bits per heavy atom. The number of likely N-dealkylation sites (N-methyl/N-ethyl adjacent to an activating group) is 1. The van der Waals surface area contributed by atoms with E-state index in [1.807, 2.05) is 0 Å². The van der Waals surface area contributed by atoms with E-state index in [-0.39, 0.29) is 23.9 Å². The third kappa shape index (κ3) is 5.85. The van der Waals surface area contributed by atoms with Crippen molar-refractivity contribution in [3.63, 3.8) is 0 Å². The highest BCUT2D eigenvalue weighted by atomic mass is 16.5. The van der Waals surface area contributed by atoms with Crippen LogP contribution < -0.4 is 21.1 Å². The minimum atomic E-state index is -0.662. The summed E-state index contributed by atoms with van der Waals surface area (Å²) in [4.78, 5) is 35.0. The number of rotatable bonds is 6. The lowest BCUT2D eigenvalue weighted by atomic mass is 10.2. The minimum absolute atomic E-state index is 0.209. The fraction of sp³-hybridized carbons (Fsp3) is 0.111. The van der Waals surface area contributed by atoms with Gasteiger partial charge in [-0.3, -0.25) is 10.2 Å². The fourth-order valence-corrected chi connectivity index (χ4v) is 1.96. The molecule has 2 aromatic rings. The van der Waals surface area contributed by atoms with E-state index < -0.39 is 17.8 Å². The highest BCUT2D eigenvalue weighted by molar-refractivity contribution is 5.94. The molecule has 9 nitrogen and oxygen atoms in total. The summed E-state index contributed by atoms with van der Waals surface area (Å²) in [7, 11) is 1.44.